The van der Waals surface area contributed by atoms with E-state index in [0.29, 0.717) is 11.8 Å². The molecule has 0 spiro atoms. The van der Waals surface area contributed by atoms with Crippen molar-refractivity contribution in [1.29, 1.82) is 0 Å². The summed E-state index contributed by atoms with van der Waals surface area (Å²) in [6, 6.07) is 19.5. The smallest absolute Gasteiger partial charge is 0.269 e. The predicted octanol–water partition coefficient (Wildman–Crippen LogP) is 3.84. The molecular formula is C23H19NO7S2. The number of hydrogen-bond donors (Lipinski definition) is 0. The number of rotatable bonds is 9. The highest BCUT2D eigenvalue weighted by Crippen LogP contribution is 2.30. The number of carbonyl (C=O) groups is 1. The van der Waals surface area contributed by atoms with E-state index >= 15 is 0 Å². The Kier molecular flexibility index (Phi) is 7.19. The summed E-state index contributed by atoms with van der Waals surface area (Å²) in [6.07, 6.45) is 1.09. The minimum Gasteiger partial charge on any atom is -0.298 e. The molecule has 0 N–H and O–H groups in total. The highest BCUT2D eigenvalue weighted by atomic mass is 32.3. The van der Waals surface area contributed by atoms with Crippen LogP contribution in [0.3, 0.4) is 0 Å². The molecule has 0 fully saturated rings. The molecule has 10 heteroatoms. The fourth-order valence-electron chi connectivity index (χ4n) is 3.15. The zero-order valence-electron chi connectivity index (χ0n) is 17.1. The van der Waals surface area contributed by atoms with Crippen LogP contribution in [0.4, 0.5) is 5.69 Å². The summed E-state index contributed by atoms with van der Waals surface area (Å²) in [5.74, 6) is 0. The topological polar surface area (TPSA) is 128 Å². The Morgan fingerprint density at radius 2 is 1.24 bits per heavy atom. The number of non-ortho nitro benzene ring substituents is 1. The van der Waals surface area contributed by atoms with Gasteiger partial charge in [-0.05, 0) is 53.6 Å². The summed E-state index contributed by atoms with van der Waals surface area (Å²) in [6.45, 7) is 0. The highest BCUT2D eigenvalue weighted by molar-refractivity contribution is 8.09. The van der Waals surface area contributed by atoms with E-state index in [1.165, 1.54) is 78.9 Å². The van der Waals surface area contributed by atoms with Crippen molar-refractivity contribution in [3.8, 4) is 0 Å². The van der Waals surface area contributed by atoms with Crippen LogP contribution in [-0.4, -0.2) is 32.6 Å². The summed E-state index contributed by atoms with van der Waals surface area (Å²) in [5, 5.41) is 10.8. The molecule has 3 aromatic carbocycles. The van der Waals surface area contributed by atoms with Gasteiger partial charge < -0.3 is 0 Å². The van der Waals surface area contributed by atoms with Crippen molar-refractivity contribution in [3.05, 3.63) is 106 Å². The zero-order valence-corrected chi connectivity index (χ0v) is 18.8. The maximum Gasteiger partial charge on any atom is 0.269 e. The van der Waals surface area contributed by atoms with Crippen molar-refractivity contribution in [3.63, 3.8) is 0 Å². The Balaban J connectivity index is 2.09. The standard InChI is InChI=1S/C23H19NO7S2/c25-17-19(15-18-11-13-20(14-12-18)24(26)27)16-23(32(28,29)21-7-3-1-4-8-21)33(30,31)22-9-5-2-6-10-22/h1-15,17,23H,16H2/b19-15+. The third kappa shape index (κ3) is 5.41. The number of hydrogen-bond acceptors (Lipinski definition) is 7. The Hall–Kier alpha value is -3.63. The average Bonchev–Trinajstić information content (AvgIpc) is 2.82. The van der Waals surface area contributed by atoms with Gasteiger partial charge in [0.2, 0.25) is 0 Å². The Morgan fingerprint density at radius 1 is 0.788 bits per heavy atom. The van der Waals surface area contributed by atoms with Crippen LogP contribution in [0.2, 0.25) is 0 Å². The van der Waals surface area contributed by atoms with Crippen LogP contribution in [0.15, 0.2) is 100 Å². The minimum atomic E-state index is -4.40. The molecule has 0 bridgehead atoms. The quantitative estimate of drug-likeness (QED) is 0.195. The van der Waals surface area contributed by atoms with Crippen molar-refractivity contribution < 1.29 is 26.6 Å². The van der Waals surface area contributed by atoms with E-state index in [0.717, 1.165) is 0 Å². The normalized spacial score (nSPS) is 12.5. The monoisotopic (exact) mass is 485 g/mol. The third-order valence-corrected chi connectivity index (χ3v) is 9.94. The lowest BCUT2D eigenvalue weighted by Gasteiger charge is -2.19. The van der Waals surface area contributed by atoms with Crippen LogP contribution in [0.5, 0.6) is 0 Å². The van der Waals surface area contributed by atoms with E-state index in [9.17, 15) is 31.7 Å². The molecular weight excluding hydrogens is 466 g/mol. The van der Waals surface area contributed by atoms with E-state index in [1.807, 2.05) is 0 Å². The van der Waals surface area contributed by atoms with Gasteiger partial charge in [0.05, 0.1) is 14.7 Å². The number of carbonyl (C=O) groups excluding carboxylic acids is 1. The zero-order chi connectivity index (χ0) is 24.1. The number of allylic oxidation sites excluding steroid dienone is 1. The van der Waals surface area contributed by atoms with Crippen LogP contribution in [0.25, 0.3) is 6.08 Å². The SMILES string of the molecule is O=C/C(=C/c1ccc([N+](=O)[O-])cc1)CC(S(=O)(=O)c1ccccc1)S(=O)(=O)c1ccccc1. The first-order valence-corrected chi connectivity index (χ1v) is 12.7. The Morgan fingerprint density at radius 3 is 1.64 bits per heavy atom. The van der Waals surface area contributed by atoms with Crippen molar-refractivity contribution >= 4 is 37.7 Å². The second kappa shape index (κ2) is 9.88. The molecule has 170 valence electrons. The van der Waals surface area contributed by atoms with Crippen molar-refractivity contribution in [2.24, 2.45) is 0 Å². The van der Waals surface area contributed by atoms with Crippen LogP contribution in [0.1, 0.15) is 12.0 Å². The lowest BCUT2D eigenvalue weighted by molar-refractivity contribution is -0.384. The molecule has 0 saturated heterocycles. The summed E-state index contributed by atoms with van der Waals surface area (Å²) < 4.78 is 51.6. The van der Waals surface area contributed by atoms with Crippen molar-refractivity contribution in [2.45, 2.75) is 20.8 Å². The average molecular weight is 486 g/mol. The van der Waals surface area contributed by atoms with Gasteiger partial charge in [0.1, 0.15) is 6.29 Å². The molecule has 3 aromatic rings. The van der Waals surface area contributed by atoms with Crippen LogP contribution in [0, 0.1) is 10.1 Å². The van der Waals surface area contributed by atoms with Crippen LogP contribution < -0.4 is 0 Å². The van der Waals surface area contributed by atoms with Gasteiger partial charge in [-0.25, -0.2) is 16.8 Å². The second-order valence-corrected chi connectivity index (χ2v) is 11.6. The fraction of sp³-hybridized carbons (Fsp3) is 0.0870. The number of nitro benzene ring substituents is 1. The summed E-state index contributed by atoms with van der Waals surface area (Å²) in [5.41, 5.74) is 0.138. The first-order chi connectivity index (χ1) is 15.7. The largest absolute Gasteiger partial charge is 0.298 e. The van der Waals surface area contributed by atoms with Gasteiger partial charge in [-0.3, -0.25) is 14.9 Å². The minimum absolute atomic E-state index is 0.0899. The van der Waals surface area contributed by atoms with Gasteiger partial charge in [-0.15, -0.1) is 0 Å². The maximum absolute atomic E-state index is 13.4. The molecule has 0 aliphatic heterocycles. The lowest BCUT2D eigenvalue weighted by Crippen LogP contribution is -2.31. The number of benzene rings is 3. The molecule has 0 unspecified atom stereocenters. The van der Waals surface area contributed by atoms with Crippen molar-refractivity contribution in [1.82, 2.24) is 0 Å². The van der Waals surface area contributed by atoms with E-state index < -0.39 is 35.6 Å². The highest BCUT2D eigenvalue weighted by Gasteiger charge is 2.40. The first kappa shape index (κ1) is 24.0. The van der Waals surface area contributed by atoms with E-state index in [2.05, 4.69) is 0 Å². The molecule has 8 nitrogen and oxygen atoms in total. The molecule has 33 heavy (non-hydrogen) atoms. The Bertz CT molecular complexity index is 1310. The van der Waals surface area contributed by atoms with Gasteiger partial charge in [0.25, 0.3) is 5.69 Å². The maximum atomic E-state index is 13.4. The molecule has 0 aliphatic carbocycles. The Labute approximate surface area is 191 Å². The summed E-state index contributed by atoms with van der Waals surface area (Å²) >= 11 is 0. The van der Waals surface area contributed by atoms with Gasteiger partial charge in [-0.2, -0.15) is 0 Å². The predicted molar refractivity (Wildman–Crippen MR) is 123 cm³/mol. The lowest BCUT2D eigenvalue weighted by atomic mass is 10.1. The molecule has 0 aromatic heterocycles. The third-order valence-electron chi connectivity index (χ3n) is 4.85. The number of aldehydes is 1. The first-order valence-electron chi connectivity index (χ1n) is 9.64. The molecule has 3 rings (SSSR count). The van der Waals surface area contributed by atoms with E-state index in [-0.39, 0.29) is 21.1 Å². The van der Waals surface area contributed by atoms with E-state index in [1.54, 1.807) is 12.1 Å². The van der Waals surface area contributed by atoms with Gasteiger partial charge in [0.15, 0.2) is 24.3 Å². The summed E-state index contributed by atoms with van der Waals surface area (Å²) in [7, 11) is -8.80. The molecule has 0 radical (unpaired) electrons. The van der Waals surface area contributed by atoms with Crippen LogP contribution in [-0.2, 0) is 24.5 Å². The molecule has 0 atom stereocenters. The van der Waals surface area contributed by atoms with Gasteiger partial charge in [0, 0.05) is 18.6 Å². The fourth-order valence-corrected chi connectivity index (χ4v) is 7.65. The van der Waals surface area contributed by atoms with Gasteiger partial charge in [-0.1, -0.05) is 36.4 Å². The number of sulfone groups is 2. The van der Waals surface area contributed by atoms with Crippen molar-refractivity contribution in [2.75, 3.05) is 0 Å². The molecule has 0 saturated carbocycles. The molecule has 0 amide bonds. The molecule has 0 aliphatic rings. The van der Waals surface area contributed by atoms with E-state index in [4.69, 9.17) is 0 Å². The summed E-state index contributed by atoms with van der Waals surface area (Å²) in [4.78, 5) is 21.7. The second-order valence-electron chi connectivity index (χ2n) is 7.04. The number of nitrogens with zero attached hydrogens (tertiary/aromatic N) is 1. The van der Waals surface area contributed by atoms with Crippen LogP contribution >= 0.6 is 0 Å². The van der Waals surface area contributed by atoms with Gasteiger partial charge >= 0.3 is 0 Å². The molecule has 0 heterocycles. The number of nitro groups is 1.